The number of hydrogen-bond donors (Lipinski definition) is 1. The molecule has 0 spiro atoms. The molecule has 1 N–H and O–H groups in total. The van der Waals surface area contributed by atoms with Crippen LogP contribution in [0.15, 0.2) is 77.6 Å². The number of benzene rings is 3. The molecule has 0 saturated heterocycles. The van der Waals surface area contributed by atoms with E-state index in [1.165, 1.54) is 5.39 Å². The third kappa shape index (κ3) is 2.54. The van der Waals surface area contributed by atoms with Crippen LogP contribution in [0.4, 0.5) is 0 Å². The molecule has 0 aliphatic rings. The van der Waals surface area contributed by atoms with Gasteiger partial charge in [0.05, 0.1) is 5.69 Å². The van der Waals surface area contributed by atoms with Crippen LogP contribution in [0.25, 0.3) is 16.5 Å². The van der Waals surface area contributed by atoms with Crippen molar-refractivity contribution in [2.24, 2.45) is 0 Å². The molecule has 0 bridgehead atoms. The fourth-order valence-electron chi connectivity index (χ4n) is 3.09. The highest BCUT2D eigenvalue weighted by Crippen LogP contribution is 2.18. The molecule has 0 saturated carbocycles. The van der Waals surface area contributed by atoms with E-state index in [4.69, 9.17) is 0 Å². The molecule has 118 valence electrons. The number of aromatic nitrogens is 2. The minimum atomic E-state index is 0.0200. The van der Waals surface area contributed by atoms with E-state index in [-0.39, 0.29) is 5.56 Å². The summed E-state index contributed by atoms with van der Waals surface area (Å²) in [7, 11) is 0. The molecule has 3 aromatic carbocycles. The molecular formula is C21H18N2O. The molecule has 0 aliphatic heterocycles. The zero-order valence-corrected chi connectivity index (χ0v) is 13.5. The Morgan fingerprint density at radius 3 is 2.38 bits per heavy atom. The lowest BCUT2D eigenvalue weighted by Crippen LogP contribution is -2.17. The van der Waals surface area contributed by atoms with Gasteiger partial charge in [0.15, 0.2) is 0 Å². The van der Waals surface area contributed by atoms with E-state index in [2.05, 4.69) is 17.2 Å². The number of nitrogens with zero attached hydrogens (tertiary/aromatic N) is 1. The smallest absolute Gasteiger partial charge is 0.274 e. The number of aromatic amines is 1. The first-order valence-electron chi connectivity index (χ1n) is 8.06. The van der Waals surface area contributed by atoms with E-state index in [0.717, 1.165) is 27.9 Å². The number of rotatable bonds is 3. The van der Waals surface area contributed by atoms with Gasteiger partial charge in [0.1, 0.15) is 0 Å². The SMILES string of the molecule is Cc1[nH]n(-c2ccc3ccccc3c2)c(=O)c1Cc1ccccc1. The van der Waals surface area contributed by atoms with Crippen molar-refractivity contribution in [3.63, 3.8) is 0 Å². The van der Waals surface area contributed by atoms with Crippen LogP contribution < -0.4 is 5.56 Å². The second-order valence-corrected chi connectivity index (χ2v) is 6.05. The zero-order chi connectivity index (χ0) is 16.5. The van der Waals surface area contributed by atoms with Crippen molar-refractivity contribution < 1.29 is 0 Å². The lowest BCUT2D eigenvalue weighted by Gasteiger charge is -2.04. The summed E-state index contributed by atoms with van der Waals surface area (Å²) in [6.07, 6.45) is 0.641. The molecule has 3 nitrogen and oxygen atoms in total. The molecule has 24 heavy (non-hydrogen) atoms. The summed E-state index contributed by atoms with van der Waals surface area (Å²) in [6.45, 7) is 1.96. The zero-order valence-electron chi connectivity index (χ0n) is 13.5. The molecule has 1 heterocycles. The van der Waals surface area contributed by atoms with E-state index >= 15 is 0 Å². The number of nitrogens with one attached hydrogen (secondary N) is 1. The standard InChI is InChI=1S/C21H18N2O/c1-15-20(13-16-7-3-2-4-8-16)21(24)23(22-15)19-12-11-17-9-5-6-10-18(17)14-19/h2-12,14,22H,13H2,1H3. The third-order valence-electron chi connectivity index (χ3n) is 4.41. The average Bonchev–Trinajstić information content (AvgIpc) is 2.90. The van der Waals surface area contributed by atoms with Crippen molar-refractivity contribution in [3.05, 3.63) is 100.0 Å². The predicted molar refractivity (Wildman–Crippen MR) is 97.9 cm³/mol. The summed E-state index contributed by atoms with van der Waals surface area (Å²) in [5.74, 6) is 0. The fourth-order valence-corrected chi connectivity index (χ4v) is 3.09. The Morgan fingerprint density at radius 1 is 0.875 bits per heavy atom. The molecule has 1 aromatic heterocycles. The Balaban J connectivity index is 1.78. The van der Waals surface area contributed by atoms with Gasteiger partial charge in [-0.05, 0) is 35.4 Å². The molecule has 0 amide bonds. The Labute approximate surface area is 140 Å². The molecule has 3 heteroatoms. The summed E-state index contributed by atoms with van der Waals surface area (Å²) in [5, 5.41) is 5.51. The first-order valence-corrected chi connectivity index (χ1v) is 8.06. The van der Waals surface area contributed by atoms with Gasteiger partial charge >= 0.3 is 0 Å². The second kappa shape index (κ2) is 5.85. The lowest BCUT2D eigenvalue weighted by molar-refractivity contribution is 0.836. The van der Waals surface area contributed by atoms with Gasteiger partial charge < -0.3 is 0 Å². The monoisotopic (exact) mass is 314 g/mol. The van der Waals surface area contributed by atoms with Crippen LogP contribution in [-0.2, 0) is 6.42 Å². The van der Waals surface area contributed by atoms with Crippen molar-refractivity contribution >= 4 is 10.8 Å². The van der Waals surface area contributed by atoms with E-state index in [9.17, 15) is 4.79 Å². The Bertz CT molecular complexity index is 1060. The minimum Gasteiger partial charge on any atom is -0.295 e. The summed E-state index contributed by atoms with van der Waals surface area (Å²) in [5.41, 5.74) is 3.75. The van der Waals surface area contributed by atoms with Gasteiger partial charge in [0.2, 0.25) is 0 Å². The molecule has 0 aliphatic carbocycles. The van der Waals surface area contributed by atoms with Gasteiger partial charge in [0, 0.05) is 17.7 Å². The van der Waals surface area contributed by atoms with Crippen LogP contribution in [0.3, 0.4) is 0 Å². The molecule has 0 radical (unpaired) electrons. The van der Waals surface area contributed by atoms with Crippen LogP contribution in [0.2, 0.25) is 0 Å². The maximum Gasteiger partial charge on any atom is 0.274 e. The summed E-state index contributed by atoms with van der Waals surface area (Å²) >= 11 is 0. The molecule has 4 aromatic rings. The Morgan fingerprint density at radius 2 is 1.58 bits per heavy atom. The van der Waals surface area contributed by atoms with Gasteiger partial charge in [-0.25, -0.2) is 4.68 Å². The minimum absolute atomic E-state index is 0.0200. The van der Waals surface area contributed by atoms with Crippen LogP contribution in [-0.4, -0.2) is 9.78 Å². The average molecular weight is 314 g/mol. The normalized spacial score (nSPS) is 11.0. The number of hydrogen-bond acceptors (Lipinski definition) is 1. The maximum atomic E-state index is 12.9. The highest BCUT2D eigenvalue weighted by atomic mass is 16.1. The summed E-state index contributed by atoms with van der Waals surface area (Å²) in [6, 6.07) is 24.3. The van der Waals surface area contributed by atoms with Crippen LogP contribution in [0.1, 0.15) is 16.8 Å². The molecule has 0 atom stereocenters. The van der Waals surface area contributed by atoms with Gasteiger partial charge in [-0.2, -0.15) is 0 Å². The van der Waals surface area contributed by atoms with Crippen molar-refractivity contribution in [2.75, 3.05) is 0 Å². The first kappa shape index (κ1) is 14.5. The Kier molecular flexibility index (Phi) is 3.54. The van der Waals surface area contributed by atoms with Gasteiger partial charge in [0.25, 0.3) is 5.56 Å². The topological polar surface area (TPSA) is 37.8 Å². The van der Waals surface area contributed by atoms with Crippen LogP contribution >= 0.6 is 0 Å². The highest BCUT2D eigenvalue weighted by molar-refractivity contribution is 5.84. The third-order valence-corrected chi connectivity index (χ3v) is 4.41. The predicted octanol–water partition coefficient (Wildman–Crippen LogP) is 4.22. The first-order chi connectivity index (χ1) is 11.7. The molecular weight excluding hydrogens is 296 g/mol. The molecule has 0 fully saturated rings. The van der Waals surface area contributed by atoms with Crippen molar-refractivity contribution in [1.29, 1.82) is 0 Å². The van der Waals surface area contributed by atoms with Gasteiger partial charge in [-0.15, -0.1) is 0 Å². The highest BCUT2D eigenvalue weighted by Gasteiger charge is 2.13. The lowest BCUT2D eigenvalue weighted by atomic mass is 10.1. The van der Waals surface area contributed by atoms with Crippen molar-refractivity contribution in [2.45, 2.75) is 13.3 Å². The molecule has 0 unspecified atom stereocenters. The number of H-pyrrole nitrogens is 1. The van der Waals surface area contributed by atoms with Crippen molar-refractivity contribution in [3.8, 4) is 5.69 Å². The van der Waals surface area contributed by atoms with E-state index in [1.807, 2.05) is 67.6 Å². The van der Waals surface area contributed by atoms with Crippen LogP contribution in [0, 0.1) is 6.92 Å². The van der Waals surface area contributed by atoms with E-state index in [0.29, 0.717) is 6.42 Å². The summed E-state index contributed by atoms with van der Waals surface area (Å²) < 4.78 is 1.64. The second-order valence-electron chi connectivity index (χ2n) is 6.05. The van der Waals surface area contributed by atoms with Gasteiger partial charge in [-0.1, -0.05) is 60.7 Å². The molecule has 4 rings (SSSR count). The van der Waals surface area contributed by atoms with Crippen molar-refractivity contribution in [1.82, 2.24) is 9.78 Å². The van der Waals surface area contributed by atoms with Crippen LogP contribution in [0.5, 0.6) is 0 Å². The largest absolute Gasteiger partial charge is 0.295 e. The Hall–Kier alpha value is -3.07. The maximum absolute atomic E-state index is 12.9. The van der Waals surface area contributed by atoms with Gasteiger partial charge in [-0.3, -0.25) is 9.89 Å². The summed E-state index contributed by atoms with van der Waals surface area (Å²) in [4.78, 5) is 12.9. The fraction of sp³-hybridized carbons (Fsp3) is 0.0952. The number of fused-ring (bicyclic) bond motifs is 1. The number of aryl methyl sites for hydroxylation is 1. The quantitative estimate of drug-likeness (QED) is 0.604. The van der Waals surface area contributed by atoms with E-state index < -0.39 is 0 Å². The van der Waals surface area contributed by atoms with E-state index in [1.54, 1.807) is 4.68 Å².